The summed E-state index contributed by atoms with van der Waals surface area (Å²) in [6.45, 7) is 3.75. The molecule has 0 bridgehead atoms. The highest BCUT2D eigenvalue weighted by molar-refractivity contribution is 5.91. The molecule has 1 amide bonds. The van der Waals surface area contributed by atoms with Gasteiger partial charge in [-0.2, -0.15) is 0 Å². The molecule has 0 spiro atoms. The number of anilines is 1. The molecular weight excluding hydrogens is 152 g/mol. The molecule has 0 fully saturated rings. The second kappa shape index (κ2) is 3.43. The van der Waals surface area contributed by atoms with Crippen LogP contribution in [-0.2, 0) is 11.8 Å². The van der Waals surface area contributed by atoms with E-state index in [-0.39, 0.29) is 11.8 Å². The van der Waals surface area contributed by atoms with Crippen molar-refractivity contribution in [3.05, 3.63) is 18.3 Å². The lowest BCUT2D eigenvalue weighted by Gasteiger charge is -2.07. The standard InChI is InChI=1S/C9H14N2O/c1-7(2)9(12)10-8-5-4-6-11(8)3/h4-7H,1-3H3,(H,10,12). The molecule has 66 valence electrons. The molecule has 1 N–H and O–H groups in total. The van der Waals surface area contributed by atoms with E-state index in [1.165, 1.54) is 0 Å². The number of aromatic nitrogens is 1. The number of nitrogens with zero attached hydrogens (tertiary/aromatic N) is 1. The summed E-state index contributed by atoms with van der Waals surface area (Å²) in [4.78, 5) is 11.2. The molecule has 12 heavy (non-hydrogen) atoms. The molecule has 0 aliphatic heterocycles. The lowest BCUT2D eigenvalue weighted by molar-refractivity contribution is -0.118. The van der Waals surface area contributed by atoms with Crippen LogP contribution in [0.3, 0.4) is 0 Å². The second-order valence-corrected chi connectivity index (χ2v) is 3.15. The number of carbonyl (C=O) groups is 1. The van der Waals surface area contributed by atoms with Crippen molar-refractivity contribution in [1.82, 2.24) is 4.57 Å². The Bertz CT molecular complexity index is 276. The fourth-order valence-corrected chi connectivity index (χ4v) is 0.862. The van der Waals surface area contributed by atoms with Gasteiger partial charge in [0.25, 0.3) is 0 Å². The van der Waals surface area contributed by atoms with Crippen molar-refractivity contribution in [2.24, 2.45) is 13.0 Å². The molecule has 1 rings (SSSR count). The van der Waals surface area contributed by atoms with E-state index in [1.54, 1.807) is 0 Å². The predicted molar refractivity (Wildman–Crippen MR) is 48.9 cm³/mol. The Morgan fingerprint density at radius 3 is 2.67 bits per heavy atom. The van der Waals surface area contributed by atoms with E-state index in [0.717, 1.165) is 5.82 Å². The highest BCUT2D eigenvalue weighted by atomic mass is 16.1. The van der Waals surface area contributed by atoms with Gasteiger partial charge < -0.3 is 9.88 Å². The normalized spacial score (nSPS) is 10.3. The summed E-state index contributed by atoms with van der Waals surface area (Å²) in [5, 5.41) is 2.81. The zero-order chi connectivity index (χ0) is 9.14. The van der Waals surface area contributed by atoms with Gasteiger partial charge in [0.1, 0.15) is 5.82 Å². The summed E-state index contributed by atoms with van der Waals surface area (Å²) in [5.41, 5.74) is 0. The molecule has 1 heterocycles. The zero-order valence-electron chi connectivity index (χ0n) is 7.66. The van der Waals surface area contributed by atoms with Crippen LogP contribution in [0.5, 0.6) is 0 Å². The Balaban J connectivity index is 2.64. The van der Waals surface area contributed by atoms with E-state index in [0.29, 0.717) is 0 Å². The van der Waals surface area contributed by atoms with E-state index in [4.69, 9.17) is 0 Å². The van der Waals surface area contributed by atoms with E-state index in [1.807, 2.05) is 43.8 Å². The van der Waals surface area contributed by atoms with Gasteiger partial charge in [0.2, 0.25) is 5.91 Å². The highest BCUT2D eigenvalue weighted by Crippen LogP contribution is 2.07. The van der Waals surface area contributed by atoms with Crippen molar-refractivity contribution < 1.29 is 4.79 Å². The first-order valence-electron chi connectivity index (χ1n) is 4.03. The molecule has 1 aromatic rings. The molecule has 0 aromatic carbocycles. The number of hydrogen-bond acceptors (Lipinski definition) is 1. The van der Waals surface area contributed by atoms with Gasteiger partial charge in [0.05, 0.1) is 0 Å². The molecule has 0 unspecified atom stereocenters. The topological polar surface area (TPSA) is 34.0 Å². The molecule has 0 saturated heterocycles. The molecule has 0 aliphatic rings. The van der Waals surface area contributed by atoms with Crippen LogP contribution in [0.15, 0.2) is 18.3 Å². The van der Waals surface area contributed by atoms with Crippen LogP contribution in [-0.4, -0.2) is 10.5 Å². The maximum absolute atomic E-state index is 11.2. The van der Waals surface area contributed by atoms with Gasteiger partial charge in [0, 0.05) is 19.2 Å². The summed E-state index contributed by atoms with van der Waals surface area (Å²) in [5.74, 6) is 0.922. The van der Waals surface area contributed by atoms with Crippen LogP contribution in [0.25, 0.3) is 0 Å². The molecule has 3 heteroatoms. The Hall–Kier alpha value is -1.25. The summed E-state index contributed by atoms with van der Waals surface area (Å²) in [7, 11) is 1.90. The Morgan fingerprint density at radius 2 is 2.25 bits per heavy atom. The van der Waals surface area contributed by atoms with E-state index in [9.17, 15) is 4.79 Å². The second-order valence-electron chi connectivity index (χ2n) is 3.15. The molecule has 0 aliphatic carbocycles. The lowest BCUT2D eigenvalue weighted by Crippen LogP contribution is -2.19. The van der Waals surface area contributed by atoms with Gasteiger partial charge in [-0.1, -0.05) is 13.8 Å². The number of nitrogens with one attached hydrogen (secondary N) is 1. The fourth-order valence-electron chi connectivity index (χ4n) is 0.862. The van der Waals surface area contributed by atoms with E-state index >= 15 is 0 Å². The van der Waals surface area contributed by atoms with Crippen LogP contribution in [0, 0.1) is 5.92 Å². The predicted octanol–water partition coefficient (Wildman–Crippen LogP) is 1.62. The van der Waals surface area contributed by atoms with Crippen molar-refractivity contribution in [2.75, 3.05) is 5.32 Å². The molecule has 3 nitrogen and oxygen atoms in total. The summed E-state index contributed by atoms with van der Waals surface area (Å²) in [6.07, 6.45) is 1.90. The Morgan fingerprint density at radius 1 is 1.58 bits per heavy atom. The number of aryl methyl sites for hydroxylation is 1. The van der Waals surface area contributed by atoms with E-state index < -0.39 is 0 Å². The van der Waals surface area contributed by atoms with Gasteiger partial charge >= 0.3 is 0 Å². The quantitative estimate of drug-likeness (QED) is 0.711. The van der Waals surface area contributed by atoms with Crippen molar-refractivity contribution in [1.29, 1.82) is 0 Å². The third kappa shape index (κ3) is 1.87. The minimum Gasteiger partial charge on any atom is -0.338 e. The van der Waals surface area contributed by atoms with Gasteiger partial charge in [-0.3, -0.25) is 4.79 Å². The van der Waals surface area contributed by atoms with Crippen molar-refractivity contribution in [3.63, 3.8) is 0 Å². The monoisotopic (exact) mass is 166 g/mol. The smallest absolute Gasteiger partial charge is 0.228 e. The first kappa shape index (κ1) is 8.84. The largest absolute Gasteiger partial charge is 0.338 e. The average molecular weight is 166 g/mol. The third-order valence-electron chi connectivity index (χ3n) is 1.72. The van der Waals surface area contributed by atoms with Crippen LogP contribution in [0.4, 0.5) is 5.82 Å². The maximum Gasteiger partial charge on any atom is 0.228 e. The van der Waals surface area contributed by atoms with Crippen molar-refractivity contribution in [2.45, 2.75) is 13.8 Å². The zero-order valence-corrected chi connectivity index (χ0v) is 7.66. The molecule has 0 saturated carbocycles. The van der Waals surface area contributed by atoms with Gasteiger partial charge in [-0.25, -0.2) is 0 Å². The first-order chi connectivity index (χ1) is 5.61. The Kier molecular flexibility index (Phi) is 2.53. The first-order valence-corrected chi connectivity index (χ1v) is 4.03. The van der Waals surface area contributed by atoms with Crippen molar-refractivity contribution >= 4 is 11.7 Å². The molecule has 0 radical (unpaired) electrons. The summed E-state index contributed by atoms with van der Waals surface area (Å²) in [6, 6.07) is 3.77. The highest BCUT2D eigenvalue weighted by Gasteiger charge is 2.07. The molecular formula is C9H14N2O. The summed E-state index contributed by atoms with van der Waals surface area (Å²) >= 11 is 0. The third-order valence-corrected chi connectivity index (χ3v) is 1.72. The SMILES string of the molecule is CC(C)C(=O)Nc1cccn1C. The van der Waals surface area contributed by atoms with Gasteiger partial charge in [-0.15, -0.1) is 0 Å². The molecule has 0 atom stereocenters. The summed E-state index contributed by atoms with van der Waals surface area (Å²) < 4.78 is 1.88. The minimum absolute atomic E-state index is 0.0277. The minimum atomic E-state index is 0.0277. The number of rotatable bonds is 2. The number of hydrogen-bond donors (Lipinski definition) is 1. The Labute approximate surface area is 72.4 Å². The fraction of sp³-hybridized carbons (Fsp3) is 0.444. The van der Waals surface area contributed by atoms with E-state index in [2.05, 4.69) is 5.32 Å². The van der Waals surface area contributed by atoms with Crippen LogP contribution < -0.4 is 5.32 Å². The lowest BCUT2D eigenvalue weighted by atomic mass is 10.2. The number of carbonyl (C=O) groups excluding carboxylic acids is 1. The average Bonchev–Trinajstić information content (AvgIpc) is 2.36. The van der Waals surface area contributed by atoms with Crippen LogP contribution >= 0.6 is 0 Å². The van der Waals surface area contributed by atoms with Gasteiger partial charge in [-0.05, 0) is 12.1 Å². The maximum atomic E-state index is 11.2. The van der Waals surface area contributed by atoms with Crippen LogP contribution in [0.1, 0.15) is 13.8 Å². The number of amides is 1. The molecule has 1 aromatic heterocycles. The van der Waals surface area contributed by atoms with Crippen LogP contribution in [0.2, 0.25) is 0 Å². The van der Waals surface area contributed by atoms with Gasteiger partial charge in [0.15, 0.2) is 0 Å². The van der Waals surface area contributed by atoms with Crippen molar-refractivity contribution in [3.8, 4) is 0 Å².